The van der Waals surface area contributed by atoms with E-state index >= 15 is 0 Å². The third-order valence-corrected chi connectivity index (χ3v) is 9.47. The van der Waals surface area contributed by atoms with Gasteiger partial charge < -0.3 is 4.74 Å². The van der Waals surface area contributed by atoms with Crippen LogP contribution in [-0.2, 0) is 9.53 Å². The van der Waals surface area contributed by atoms with Crippen LogP contribution in [-0.4, -0.2) is 17.9 Å². The van der Waals surface area contributed by atoms with Crippen molar-refractivity contribution in [2.24, 2.45) is 34.5 Å². The van der Waals surface area contributed by atoms with Gasteiger partial charge in [0.15, 0.2) is 0 Å². The van der Waals surface area contributed by atoms with E-state index < -0.39 is 0 Å². The van der Waals surface area contributed by atoms with Crippen LogP contribution < -0.4 is 0 Å². The first kappa shape index (κ1) is 19.3. The Hall–Kier alpha value is -1.64. The predicted octanol–water partition coefficient (Wildman–Crippen LogP) is 5.82. The summed E-state index contributed by atoms with van der Waals surface area (Å²) in [6.45, 7) is 4.90. The summed E-state index contributed by atoms with van der Waals surface area (Å²) in [6, 6.07) is 9.37. The van der Waals surface area contributed by atoms with E-state index in [4.69, 9.17) is 4.74 Å². The van der Waals surface area contributed by atoms with Gasteiger partial charge in [-0.25, -0.2) is 4.79 Å². The summed E-state index contributed by atoms with van der Waals surface area (Å²) >= 11 is 0. The normalized spacial score (nSPS) is 43.8. The van der Waals surface area contributed by atoms with Crippen LogP contribution in [0.1, 0.15) is 82.0 Å². The molecule has 0 heterocycles. The second kappa shape index (κ2) is 6.96. The third kappa shape index (κ3) is 3.16. The van der Waals surface area contributed by atoms with E-state index in [0.29, 0.717) is 28.6 Å². The fourth-order valence-corrected chi connectivity index (χ4v) is 7.90. The summed E-state index contributed by atoms with van der Waals surface area (Å²) in [6.07, 6.45) is 9.85. The third-order valence-electron chi connectivity index (χ3n) is 9.47. The van der Waals surface area contributed by atoms with Crippen molar-refractivity contribution < 1.29 is 14.3 Å². The summed E-state index contributed by atoms with van der Waals surface area (Å²) in [5, 5.41) is 0. The average molecular weight is 395 g/mol. The van der Waals surface area contributed by atoms with E-state index in [0.717, 1.165) is 43.9 Å². The highest BCUT2D eigenvalue weighted by molar-refractivity contribution is 5.89. The van der Waals surface area contributed by atoms with Gasteiger partial charge in [0.2, 0.25) is 0 Å². The first-order valence-electron chi connectivity index (χ1n) is 11.7. The Kier molecular flexibility index (Phi) is 4.64. The Morgan fingerprint density at radius 2 is 1.79 bits per heavy atom. The van der Waals surface area contributed by atoms with Crippen molar-refractivity contribution in [2.45, 2.75) is 77.7 Å². The monoisotopic (exact) mass is 394 g/mol. The molecule has 0 amide bonds. The van der Waals surface area contributed by atoms with Gasteiger partial charge in [-0.1, -0.05) is 32.0 Å². The largest absolute Gasteiger partial charge is 0.459 e. The number of rotatable bonds is 2. The second-order valence-electron chi connectivity index (χ2n) is 10.9. The van der Waals surface area contributed by atoms with E-state index in [9.17, 15) is 9.59 Å². The maximum absolute atomic E-state index is 12.5. The van der Waals surface area contributed by atoms with Crippen LogP contribution in [0.2, 0.25) is 0 Å². The predicted molar refractivity (Wildman–Crippen MR) is 112 cm³/mol. The highest BCUT2D eigenvalue weighted by Gasteiger charge is 2.59. The lowest BCUT2D eigenvalue weighted by Gasteiger charge is -2.60. The van der Waals surface area contributed by atoms with Gasteiger partial charge in [0.25, 0.3) is 0 Å². The summed E-state index contributed by atoms with van der Waals surface area (Å²) in [7, 11) is 0. The van der Waals surface area contributed by atoms with Crippen LogP contribution in [0.25, 0.3) is 0 Å². The molecule has 4 aliphatic carbocycles. The van der Waals surface area contributed by atoms with E-state index in [2.05, 4.69) is 13.8 Å². The molecule has 4 fully saturated rings. The Balaban J connectivity index is 1.29. The molecule has 5 rings (SSSR count). The number of hydrogen-bond acceptors (Lipinski definition) is 3. The lowest BCUT2D eigenvalue weighted by atomic mass is 9.45. The molecule has 0 aliphatic heterocycles. The molecular weight excluding hydrogens is 360 g/mol. The van der Waals surface area contributed by atoms with Crippen molar-refractivity contribution in [3.63, 3.8) is 0 Å². The van der Waals surface area contributed by atoms with Gasteiger partial charge in [0.1, 0.15) is 11.9 Å². The zero-order chi connectivity index (χ0) is 20.2. The molecule has 29 heavy (non-hydrogen) atoms. The minimum absolute atomic E-state index is 0.0549. The maximum Gasteiger partial charge on any atom is 0.338 e. The summed E-state index contributed by atoms with van der Waals surface area (Å²) in [5.74, 6) is 3.06. The number of ether oxygens (including phenoxy) is 1. The Morgan fingerprint density at radius 1 is 1.00 bits per heavy atom. The van der Waals surface area contributed by atoms with Crippen LogP contribution in [0.5, 0.6) is 0 Å². The van der Waals surface area contributed by atoms with Crippen molar-refractivity contribution in [3.05, 3.63) is 35.9 Å². The van der Waals surface area contributed by atoms with Gasteiger partial charge in [-0.3, -0.25) is 4.79 Å². The first-order chi connectivity index (χ1) is 13.9. The summed E-state index contributed by atoms with van der Waals surface area (Å²) in [5.41, 5.74) is 1.28. The maximum atomic E-state index is 12.5. The number of Topliss-reactive ketones (excluding diaryl/α,β-unsaturated/α-hetero) is 1. The lowest BCUT2D eigenvalue weighted by Crippen LogP contribution is -2.53. The molecule has 1 aromatic carbocycles. The Bertz CT molecular complexity index is 801. The average Bonchev–Trinajstić information content (AvgIpc) is 3.03. The number of benzene rings is 1. The molecule has 0 aromatic heterocycles. The fourth-order valence-electron chi connectivity index (χ4n) is 7.90. The van der Waals surface area contributed by atoms with Crippen molar-refractivity contribution >= 4 is 11.8 Å². The van der Waals surface area contributed by atoms with Gasteiger partial charge in [-0.15, -0.1) is 0 Å². The molecular formula is C26H34O3. The van der Waals surface area contributed by atoms with Crippen molar-refractivity contribution in [2.75, 3.05) is 0 Å². The SMILES string of the molecule is C[C@]12CCC3C(CC[C@H]4C[C@@H](OC(=O)c5ccccc5)CC[C@]34C)C1CC(=O)C2. The van der Waals surface area contributed by atoms with Gasteiger partial charge in [-0.05, 0) is 91.6 Å². The van der Waals surface area contributed by atoms with Crippen LogP contribution in [0, 0.1) is 34.5 Å². The molecule has 156 valence electrons. The minimum atomic E-state index is -0.175. The molecule has 4 aliphatic rings. The topological polar surface area (TPSA) is 43.4 Å². The molecule has 0 bridgehead atoms. The number of esters is 1. The van der Waals surface area contributed by atoms with E-state index in [1.54, 1.807) is 0 Å². The zero-order valence-corrected chi connectivity index (χ0v) is 17.9. The fraction of sp³-hybridized carbons (Fsp3) is 0.692. The summed E-state index contributed by atoms with van der Waals surface area (Å²) < 4.78 is 5.92. The molecule has 0 spiro atoms. The quantitative estimate of drug-likeness (QED) is 0.593. The zero-order valence-electron chi connectivity index (χ0n) is 17.9. The summed E-state index contributed by atoms with van der Waals surface area (Å²) in [4.78, 5) is 24.8. The highest BCUT2D eigenvalue weighted by atomic mass is 16.5. The van der Waals surface area contributed by atoms with Crippen molar-refractivity contribution in [3.8, 4) is 0 Å². The Morgan fingerprint density at radius 3 is 2.59 bits per heavy atom. The molecule has 0 radical (unpaired) electrons. The number of ketones is 1. The lowest BCUT2D eigenvalue weighted by molar-refractivity contribution is -0.122. The molecule has 3 nitrogen and oxygen atoms in total. The molecule has 3 unspecified atom stereocenters. The van der Waals surface area contributed by atoms with Crippen LogP contribution in [0.3, 0.4) is 0 Å². The minimum Gasteiger partial charge on any atom is -0.459 e. The van der Waals surface area contributed by atoms with Gasteiger partial charge in [0.05, 0.1) is 5.56 Å². The van der Waals surface area contributed by atoms with E-state index in [1.165, 1.54) is 25.7 Å². The molecule has 1 aromatic rings. The van der Waals surface area contributed by atoms with Gasteiger partial charge >= 0.3 is 5.97 Å². The van der Waals surface area contributed by atoms with Gasteiger partial charge in [-0.2, -0.15) is 0 Å². The number of carbonyl (C=O) groups excluding carboxylic acids is 2. The van der Waals surface area contributed by atoms with Crippen molar-refractivity contribution in [1.29, 1.82) is 0 Å². The molecule has 3 heteroatoms. The molecule has 7 atom stereocenters. The van der Waals surface area contributed by atoms with Crippen LogP contribution in [0.4, 0.5) is 0 Å². The molecule has 0 N–H and O–H groups in total. The van der Waals surface area contributed by atoms with E-state index in [1.807, 2.05) is 30.3 Å². The van der Waals surface area contributed by atoms with E-state index in [-0.39, 0.29) is 17.5 Å². The van der Waals surface area contributed by atoms with Crippen LogP contribution in [0.15, 0.2) is 30.3 Å². The van der Waals surface area contributed by atoms with Crippen molar-refractivity contribution in [1.82, 2.24) is 0 Å². The number of fused-ring (bicyclic) bond motifs is 5. The number of hydrogen-bond donors (Lipinski definition) is 0. The number of carbonyl (C=O) groups is 2. The molecule has 0 saturated heterocycles. The smallest absolute Gasteiger partial charge is 0.338 e. The Labute approximate surface area is 174 Å². The first-order valence-corrected chi connectivity index (χ1v) is 11.7. The van der Waals surface area contributed by atoms with Gasteiger partial charge in [0, 0.05) is 12.8 Å². The van der Waals surface area contributed by atoms with Crippen LogP contribution >= 0.6 is 0 Å². The molecule has 4 saturated carbocycles. The standard InChI is InChI=1S/C26H34O3/c1-25-12-11-22-21(23(25)15-19(27)16-25)9-8-18-14-20(10-13-26(18,22)2)29-24(28)17-6-4-3-5-7-17/h3-7,18,20-23H,8-16H2,1-2H3/t18-,20-,21?,22?,23?,25+,26-/m0/s1. The highest BCUT2D eigenvalue weighted by Crippen LogP contribution is 2.65. The second-order valence-corrected chi connectivity index (χ2v) is 10.9.